The number of halogens is 1. The third-order valence-corrected chi connectivity index (χ3v) is 3.09. The van der Waals surface area contributed by atoms with Crippen LogP contribution < -0.4 is 10.1 Å². The smallest absolute Gasteiger partial charge is 0.124 e. The molecule has 0 unspecified atom stereocenters. The average Bonchev–Trinajstić information content (AvgIpc) is 2.84. The molecule has 1 N–H and O–H groups in total. The van der Waals surface area contributed by atoms with Crippen LogP contribution in [0, 0.1) is 0 Å². The highest BCUT2D eigenvalue weighted by molar-refractivity contribution is 6.30. The van der Waals surface area contributed by atoms with E-state index in [1.165, 1.54) is 0 Å². The molecule has 0 saturated heterocycles. The van der Waals surface area contributed by atoms with Crippen LogP contribution in [-0.2, 0) is 13.1 Å². The number of hydrogen-bond acceptors (Lipinski definition) is 4. The predicted octanol–water partition coefficient (Wildman–Crippen LogP) is 2.49. The van der Waals surface area contributed by atoms with Crippen LogP contribution in [0.1, 0.15) is 25.1 Å². The van der Waals surface area contributed by atoms with Crippen LogP contribution in [0.15, 0.2) is 24.4 Å². The lowest BCUT2D eigenvalue weighted by molar-refractivity contribution is 0.407. The van der Waals surface area contributed by atoms with Gasteiger partial charge in [0.2, 0.25) is 0 Å². The van der Waals surface area contributed by atoms with Gasteiger partial charge < -0.3 is 10.1 Å². The summed E-state index contributed by atoms with van der Waals surface area (Å²) < 4.78 is 7.11. The zero-order valence-corrected chi connectivity index (χ0v) is 12.7. The van der Waals surface area contributed by atoms with Gasteiger partial charge in [0.05, 0.1) is 25.5 Å². The maximum Gasteiger partial charge on any atom is 0.124 e. The SMILES string of the molecule is COc1ccc(Cl)cc1Cn1cc(CNC(C)C)nn1. The molecule has 1 aromatic heterocycles. The van der Waals surface area contributed by atoms with Crippen LogP contribution in [0.2, 0.25) is 5.02 Å². The Bertz CT molecular complexity index is 568. The molecule has 6 heteroatoms. The molecule has 0 amide bonds. The summed E-state index contributed by atoms with van der Waals surface area (Å²) >= 11 is 6.02. The third-order valence-electron chi connectivity index (χ3n) is 2.85. The van der Waals surface area contributed by atoms with E-state index in [1.807, 2.05) is 24.4 Å². The summed E-state index contributed by atoms with van der Waals surface area (Å²) in [4.78, 5) is 0. The number of rotatable bonds is 6. The molecule has 0 radical (unpaired) electrons. The fraction of sp³-hybridized carbons (Fsp3) is 0.429. The van der Waals surface area contributed by atoms with Gasteiger partial charge in [0.15, 0.2) is 0 Å². The van der Waals surface area contributed by atoms with E-state index in [4.69, 9.17) is 16.3 Å². The van der Waals surface area contributed by atoms with E-state index in [-0.39, 0.29) is 0 Å². The van der Waals surface area contributed by atoms with Gasteiger partial charge in [-0.1, -0.05) is 30.7 Å². The number of nitrogens with one attached hydrogen (secondary N) is 1. The molecule has 0 aliphatic carbocycles. The van der Waals surface area contributed by atoms with E-state index in [1.54, 1.807) is 11.8 Å². The molecule has 2 aromatic rings. The molecule has 1 heterocycles. The molecule has 0 fully saturated rings. The van der Waals surface area contributed by atoms with Gasteiger partial charge in [-0.25, -0.2) is 4.68 Å². The van der Waals surface area contributed by atoms with Crippen molar-refractivity contribution in [2.24, 2.45) is 0 Å². The highest BCUT2D eigenvalue weighted by Crippen LogP contribution is 2.23. The van der Waals surface area contributed by atoms with Gasteiger partial charge in [-0.2, -0.15) is 0 Å². The lowest BCUT2D eigenvalue weighted by atomic mass is 10.2. The van der Waals surface area contributed by atoms with Gasteiger partial charge in [-0.15, -0.1) is 5.10 Å². The number of hydrogen-bond donors (Lipinski definition) is 1. The topological polar surface area (TPSA) is 52.0 Å². The molecule has 0 bridgehead atoms. The van der Waals surface area contributed by atoms with Gasteiger partial charge in [0, 0.05) is 23.2 Å². The van der Waals surface area contributed by atoms with Crippen molar-refractivity contribution in [1.82, 2.24) is 20.3 Å². The second-order valence-electron chi connectivity index (χ2n) is 4.90. The zero-order chi connectivity index (χ0) is 14.5. The van der Waals surface area contributed by atoms with E-state index < -0.39 is 0 Å². The second-order valence-corrected chi connectivity index (χ2v) is 5.34. The Balaban J connectivity index is 2.08. The van der Waals surface area contributed by atoms with Crippen LogP contribution >= 0.6 is 11.6 Å². The van der Waals surface area contributed by atoms with Crippen molar-refractivity contribution >= 4 is 11.6 Å². The highest BCUT2D eigenvalue weighted by Gasteiger charge is 2.07. The first-order valence-electron chi connectivity index (χ1n) is 6.53. The molecular weight excluding hydrogens is 276 g/mol. The Hall–Kier alpha value is -1.59. The van der Waals surface area contributed by atoms with Crippen molar-refractivity contribution < 1.29 is 4.74 Å². The van der Waals surface area contributed by atoms with Gasteiger partial charge in [0.25, 0.3) is 0 Å². The van der Waals surface area contributed by atoms with Crippen LogP contribution in [0.5, 0.6) is 5.75 Å². The third kappa shape index (κ3) is 3.95. The van der Waals surface area contributed by atoms with Crippen molar-refractivity contribution in [2.75, 3.05) is 7.11 Å². The lowest BCUT2D eigenvalue weighted by Gasteiger charge is -2.08. The van der Waals surface area contributed by atoms with E-state index in [9.17, 15) is 0 Å². The minimum Gasteiger partial charge on any atom is -0.496 e. The molecule has 0 saturated carbocycles. The maximum atomic E-state index is 6.02. The molecule has 0 atom stereocenters. The van der Waals surface area contributed by atoms with E-state index >= 15 is 0 Å². The minimum atomic E-state index is 0.424. The van der Waals surface area contributed by atoms with Crippen LogP contribution in [-0.4, -0.2) is 28.1 Å². The Morgan fingerprint density at radius 3 is 2.90 bits per heavy atom. The fourth-order valence-electron chi connectivity index (χ4n) is 1.85. The van der Waals surface area contributed by atoms with Gasteiger partial charge in [-0.3, -0.25) is 0 Å². The van der Waals surface area contributed by atoms with Crippen molar-refractivity contribution in [2.45, 2.75) is 33.0 Å². The standard InChI is InChI=1S/C14H19ClN4O/c1-10(2)16-7-13-9-19(18-17-13)8-11-6-12(15)4-5-14(11)20-3/h4-6,9-10,16H,7-8H2,1-3H3. The number of ether oxygens (including phenoxy) is 1. The van der Waals surface area contributed by atoms with Crippen LogP contribution in [0.4, 0.5) is 0 Å². The number of methoxy groups -OCH3 is 1. The minimum absolute atomic E-state index is 0.424. The Kier molecular flexibility index (Phi) is 4.98. The Labute approximate surface area is 123 Å². The van der Waals surface area contributed by atoms with Gasteiger partial charge >= 0.3 is 0 Å². The summed E-state index contributed by atoms with van der Waals surface area (Å²) in [6.07, 6.45) is 1.93. The molecule has 0 aliphatic heterocycles. The summed E-state index contributed by atoms with van der Waals surface area (Å²) in [6, 6.07) is 5.97. The Morgan fingerprint density at radius 1 is 1.40 bits per heavy atom. The Morgan fingerprint density at radius 2 is 2.20 bits per heavy atom. The number of nitrogens with zero attached hydrogens (tertiary/aromatic N) is 3. The first-order chi connectivity index (χ1) is 9.58. The normalized spacial score (nSPS) is 11.1. The van der Waals surface area contributed by atoms with Crippen molar-refractivity contribution in [3.05, 3.63) is 40.7 Å². The van der Waals surface area contributed by atoms with Crippen molar-refractivity contribution in [1.29, 1.82) is 0 Å². The summed E-state index contributed by atoms with van der Waals surface area (Å²) in [7, 11) is 1.64. The predicted molar refractivity (Wildman–Crippen MR) is 79.1 cm³/mol. The van der Waals surface area contributed by atoms with Crippen LogP contribution in [0.3, 0.4) is 0 Å². The molecule has 0 aliphatic rings. The summed E-state index contributed by atoms with van der Waals surface area (Å²) in [6.45, 7) is 5.49. The van der Waals surface area contributed by atoms with Gasteiger partial charge in [-0.05, 0) is 18.2 Å². The van der Waals surface area contributed by atoms with E-state index in [0.717, 1.165) is 17.0 Å². The molecule has 108 valence electrons. The first-order valence-corrected chi connectivity index (χ1v) is 6.91. The van der Waals surface area contributed by atoms with E-state index in [2.05, 4.69) is 29.5 Å². The average molecular weight is 295 g/mol. The summed E-state index contributed by atoms with van der Waals surface area (Å²) in [5.74, 6) is 0.798. The molecule has 5 nitrogen and oxygen atoms in total. The molecule has 0 spiro atoms. The molecular formula is C14H19ClN4O. The second kappa shape index (κ2) is 6.72. The highest BCUT2D eigenvalue weighted by atomic mass is 35.5. The lowest BCUT2D eigenvalue weighted by Crippen LogP contribution is -2.21. The molecule has 2 rings (SSSR count). The zero-order valence-electron chi connectivity index (χ0n) is 11.9. The first kappa shape index (κ1) is 14.8. The number of aromatic nitrogens is 3. The monoisotopic (exact) mass is 294 g/mol. The van der Waals surface area contributed by atoms with E-state index in [0.29, 0.717) is 24.2 Å². The molecule has 1 aromatic carbocycles. The van der Waals surface area contributed by atoms with Crippen molar-refractivity contribution in [3.63, 3.8) is 0 Å². The fourth-order valence-corrected chi connectivity index (χ4v) is 2.05. The summed E-state index contributed by atoms with van der Waals surface area (Å²) in [5.41, 5.74) is 1.90. The van der Waals surface area contributed by atoms with Crippen molar-refractivity contribution in [3.8, 4) is 5.75 Å². The number of benzene rings is 1. The van der Waals surface area contributed by atoms with Crippen LogP contribution in [0.25, 0.3) is 0 Å². The maximum absolute atomic E-state index is 6.02. The largest absolute Gasteiger partial charge is 0.496 e. The van der Waals surface area contributed by atoms with Gasteiger partial charge in [0.1, 0.15) is 5.75 Å². The summed E-state index contributed by atoms with van der Waals surface area (Å²) in [5, 5.41) is 12.3. The molecule has 20 heavy (non-hydrogen) atoms. The quantitative estimate of drug-likeness (QED) is 0.889.